The number of hydrogen-bond donors (Lipinski definition) is 0. The monoisotopic (exact) mass is 267 g/mol. The van der Waals surface area contributed by atoms with Crippen LogP contribution < -0.4 is 4.90 Å². The van der Waals surface area contributed by atoms with Gasteiger partial charge in [0, 0.05) is 27.2 Å². The van der Waals surface area contributed by atoms with Crippen molar-refractivity contribution in [2.75, 3.05) is 32.1 Å². The molecule has 0 aliphatic carbocycles. The van der Waals surface area contributed by atoms with E-state index in [0.29, 0.717) is 12.1 Å². The highest BCUT2D eigenvalue weighted by Gasteiger charge is 2.45. The molecule has 7 heteroatoms. The third kappa shape index (κ3) is 1.73. The van der Waals surface area contributed by atoms with Gasteiger partial charge in [-0.2, -0.15) is 0 Å². The summed E-state index contributed by atoms with van der Waals surface area (Å²) in [4.78, 5) is 18.1. The van der Waals surface area contributed by atoms with Crippen molar-refractivity contribution < 1.29 is 4.79 Å². The van der Waals surface area contributed by atoms with Crippen molar-refractivity contribution in [1.82, 2.24) is 20.0 Å². The molecule has 0 aromatic carbocycles. The average Bonchev–Trinajstić information content (AvgIpc) is 3.04. The summed E-state index contributed by atoms with van der Waals surface area (Å²) < 4.78 is 0. The van der Waals surface area contributed by atoms with Crippen LogP contribution in [0.3, 0.4) is 0 Å². The van der Waals surface area contributed by atoms with Gasteiger partial charge in [0.15, 0.2) is 0 Å². The van der Waals surface area contributed by atoms with E-state index in [1.54, 1.807) is 21.7 Å². The second kappa shape index (κ2) is 4.38. The van der Waals surface area contributed by atoms with Gasteiger partial charge in [0.2, 0.25) is 5.13 Å². The average molecular weight is 267 g/mol. The van der Waals surface area contributed by atoms with Crippen LogP contribution in [0.5, 0.6) is 0 Å². The van der Waals surface area contributed by atoms with Gasteiger partial charge in [-0.3, -0.25) is 0 Å². The topological polar surface area (TPSA) is 52.6 Å². The molecule has 0 unspecified atom stereocenters. The predicted molar refractivity (Wildman–Crippen MR) is 69.9 cm³/mol. The summed E-state index contributed by atoms with van der Waals surface area (Å²) in [6, 6.07) is 0.882. The van der Waals surface area contributed by atoms with Gasteiger partial charge in [0.1, 0.15) is 5.51 Å². The van der Waals surface area contributed by atoms with Crippen molar-refractivity contribution in [3.8, 4) is 0 Å². The molecule has 1 aromatic rings. The van der Waals surface area contributed by atoms with Gasteiger partial charge < -0.3 is 14.7 Å². The molecule has 2 amide bonds. The lowest BCUT2D eigenvalue weighted by molar-refractivity contribution is 0.166. The zero-order valence-corrected chi connectivity index (χ0v) is 11.4. The number of hydrogen-bond acceptors (Lipinski definition) is 5. The summed E-state index contributed by atoms with van der Waals surface area (Å²) in [6.45, 7) is 1.82. The van der Waals surface area contributed by atoms with E-state index in [-0.39, 0.29) is 6.03 Å². The van der Waals surface area contributed by atoms with Crippen molar-refractivity contribution in [3.05, 3.63) is 5.51 Å². The normalized spacial score (nSPS) is 26.6. The maximum atomic E-state index is 12.1. The lowest BCUT2D eigenvalue weighted by Gasteiger charge is -2.27. The Morgan fingerprint density at radius 1 is 1.39 bits per heavy atom. The maximum absolute atomic E-state index is 12.1. The van der Waals surface area contributed by atoms with E-state index in [2.05, 4.69) is 15.1 Å². The van der Waals surface area contributed by atoms with Gasteiger partial charge in [-0.1, -0.05) is 11.3 Å². The fourth-order valence-corrected chi connectivity index (χ4v) is 3.66. The van der Waals surface area contributed by atoms with Gasteiger partial charge in [0.05, 0.1) is 12.1 Å². The van der Waals surface area contributed by atoms with Gasteiger partial charge in [0.25, 0.3) is 0 Å². The molecule has 0 saturated carbocycles. The molecular weight excluding hydrogens is 250 g/mol. The highest BCUT2D eigenvalue weighted by atomic mass is 32.1. The van der Waals surface area contributed by atoms with Crippen LogP contribution >= 0.6 is 11.3 Å². The summed E-state index contributed by atoms with van der Waals surface area (Å²) in [5.74, 6) is 0. The molecule has 18 heavy (non-hydrogen) atoms. The van der Waals surface area contributed by atoms with Gasteiger partial charge in [-0.25, -0.2) is 4.79 Å². The van der Waals surface area contributed by atoms with E-state index in [1.807, 2.05) is 19.0 Å². The maximum Gasteiger partial charge on any atom is 0.319 e. The molecule has 1 aromatic heterocycles. The minimum absolute atomic E-state index is 0.126. The van der Waals surface area contributed by atoms with Crippen molar-refractivity contribution in [2.45, 2.75) is 24.9 Å². The van der Waals surface area contributed by atoms with E-state index in [1.165, 1.54) is 0 Å². The number of aromatic nitrogens is 2. The molecule has 0 N–H and O–H groups in total. The molecule has 6 nitrogen and oxygen atoms in total. The van der Waals surface area contributed by atoms with Crippen molar-refractivity contribution in [1.29, 1.82) is 0 Å². The molecule has 2 fully saturated rings. The Bertz CT molecular complexity index is 435. The fourth-order valence-electron chi connectivity index (χ4n) is 3.01. The van der Waals surface area contributed by atoms with Crippen LogP contribution in [0.2, 0.25) is 0 Å². The first-order chi connectivity index (χ1) is 8.68. The van der Waals surface area contributed by atoms with E-state index in [4.69, 9.17) is 0 Å². The molecule has 0 radical (unpaired) electrons. The molecule has 0 bridgehead atoms. The number of likely N-dealkylation sites (tertiary alicyclic amines) is 1. The van der Waals surface area contributed by atoms with E-state index < -0.39 is 0 Å². The lowest BCUT2D eigenvalue weighted by atomic mass is 10.1. The van der Waals surface area contributed by atoms with Gasteiger partial charge in [-0.05, 0) is 12.8 Å². The number of rotatable bonds is 1. The van der Waals surface area contributed by atoms with Crippen molar-refractivity contribution in [3.63, 3.8) is 0 Å². The number of fused-ring (bicyclic) bond motifs is 1. The van der Waals surface area contributed by atoms with E-state index >= 15 is 0 Å². The smallest absolute Gasteiger partial charge is 0.319 e. The molecule has 2 atom stereocenters. The number of nitrogens with zero attached hydrogens (tertiary/aromatic N) is 5. The Hall–Kier alpha value is -1.37. The highest BCUT2D eigenvalue weighted by Crippen LogP contribution is 2.35. The van der Waals surface area contributed by atoms with Crippen LogP contribution in [0, 0.1) is 0 Å². The number of anilines is 1. The summed E-state index contributed by atoms with van der Waals surface area (Å²) in [5.41, 5.74) is 1.76. The summed E-state index contributed by atoms with van der Waals surface area (Å²) in [7, 11) is 3.63. The van der Waals surface area contributed by atoms with Crippen LogP contribution in [0.1, 0.15) is 12.8 Å². The number of carbonyl (C=O) groups excluding carboxylic acids is 1. The lowest BCUT2D eigenvalue weighted by Crippen LogP contribution is -2.44. The van der Waals surface area contributed by atoms with Crippen LogP contribution in [0.25, 0.3) is 0 Å². The minimum atomic E-state index is 0.126. The molecule has 2 saturated heterocycles. The van der Waals surface area contributed by atoms with E-state index in [0.717, 1.165) is 31.1 Å². The molecular formula is C11H17N5OS. The summed E-state index contributed by atoms with van der Waals surface area (Å²) in [5, 5.41) is 9.03. The Labute approximate surface area is 110 Å². The van der Waals surface area contributed by atoms with Crippen LogP contribution in [-0.2, 0) is 0 Å². The molecule has 2 aliphatic rings. The van der Waals surface area contributed by atoms with Crippen LogP contribution in [-0.4, -0.2) is 65.3 Å². The summed E-state index contributed by atoms with van der Waals surface area (Å²) >= 11 is 1.57. The Morgan fingerprint density at radius 3 is 2.83 bits per heavy atom. The van der Waals surface area contributed by atoms with Gasteiger partial charge >= 0.3 is 6.03 Å². The third-order valence-electron chi connectivity index (χ3n) is 3.80. The molecule has 0 spiro atoms. The first-order valence-corrected chi connectivity index (χ1v) is 7.07. The van der Waals surface area contributed by atoms with Crippen LogP contribution in [0.4, 0.5) is 9.93 Å². The fraction of sp³-hybridized carbons (Fsp3) is 0.727. The predicted octanol–water partition coefficient (Wildman–Crippen LogP) is 0.873. The highest BCUT2D eigenvalue weighted by molar-refractivity contribution is 7.13. The van der Waals surface area contributed by atoms with Crippen molar-refractivity contribution >= 4 is 22.5 Å². The molecule has 98 valence electrons. The Morgan fingerprint density at radius 2 is 2.17 bits per heavy atom. The molecule has 3 heterocycles. The quantitative estimate of drug-likeness (QED) is 0.758. The standard InChI is InChI=1S/C11H17N5OS/c1-14(2)11(17)16-6-4-8-9(16)3-5-15(8)10-13-12-7-18-10/h7-9H,3-6H2,1-2H3/t8-,9+/m0/s1. The third-order valence-corrected chi connectivity index (χ3v) is 4.53. The minimum Gasteiger partial charge on any atom is -0.341 e. The second-order valence-corrected chi connectivity index (χ2v) is 5.81. The largest absolute Gasteiger partial charge is 0.341 e. The van der Waals surface area contributed by atoms with Crippen molar-refractivity contribution in [2.24, 2.45) is 0 Å². The summed E-state index contributed by atoms with van der Waals surface area (Å²) in [6.07, 6.45) is 2.06. The number of amides is 2. The Balaban J connectivity index is 1.76. The zero-order valence-electron chi connectivity index (χ0n) is 10.6. The number of carbonyl (C=O) groups is 1. The first kappa shape index (κ1) is 11.7. The van der Waals surface area contributed by atoms with E-state index in [9.17, 15) is 4.79 Å². The zero-order chi connectivity index (χ0) is 12.7. The first-order valence-electron chi connectivity index (χ1n) is 6.19. The van der Waals surface area contributed by atoms with Crippen LogP contribution in [0.15, 0.2) is 5.51 Å². The molecule has 2 aliphatic heterocycles. The Kier molecular flexibility index (Phi) is 2.85. The van der Waals surface area contributed by atoms with Gasteiger partial charge in [-0.15, -0.1) is 10.2 Å². The SMILES string of the molecule is CN(C)C(=O)N1CC[C@H]2[C@H]1CCN2c1nncs1. The number of urea groups is 1. The molecule has 3 rings (SSSR count). The second-order valence-electron chi connectivity index (χ2n) is 5.00.